The Kier molecular flexibility index (Phi) is 7.40. The molecular weight excluding hydrogens is 285 g/mol. The average Bonchev–Trinajstić information content (AvgIpc) is 2.41. The molecule has 1 rings (SSSR count). The second kappa shape index (κ2) is 8.54. The SMILES string of the molecule is CCN(CC[C@@H](N)CSc1ccccc1)CC(F)(F)F. The number of hydrogen-bond donors (Lipinski definition) is 1. The molecule has 0 aromatic heterocycles. The maximum atomic E-state index is 12.3. The monoisotopic (exact) mass is 306 g/mol. The smallest absolute Gasteiger partial charge is 0.327 e. The maximum Gasteiger partial charge on any atom is 0.401 e. The lowest BCUT2D eigenvalue weighted by Gasteiger charge is -2.23. The van der Waals surface area contributed by atoms with Gasteiger partial charge in [0.05, 0.1) is 6.54 Å². The van der Waals surface area contributed by atoms with E-state index in [2.05, 4.69) is 0 Å². The molecule has 0 bridgehead atoms. The van der Waals surface area contributed by atoms with Crippen LogP contribution in [0.3, 0.4) is 0 Å². The molecule has 0 aliphatic heterocycles. The van der Waals surface area contributed by atoms with Gasteiger partial charge in [0.2, 0.25) is 0 Å². The van der Waals surface area contributed by atoms with Crippen LogP contribution in [-0.2, 0) is 0 Å². The largest absolute Gasteiger partial charge is 0.401 e. The number of halogens is 3. The second-order valence-corrected chi connectivity index (χ2v) is 5.75. The summed E-state index contributed by atoms with van der Waals surface area (Å²) in [4.78, 5) is 2.51. The fraction of sp³-hybridized carbons (Fsp3) is 0.571. The van der Waals surface area contributed by atoms with E-state index in [1.54, 1.807) is 18.7 Å². The first-order chi connectivity index (χ1) is 9.40. The zero-order valence-electron chi connectivity index (χ0n) is 11.6. The molecule has 0 radical (unpaired) electrons. The predicted octanol–water partition coefficient (Wildman–Crippen LogP) is 3.38. The van der Waals surface area contributed by atoms with Crippen LogP contribution >= 0.6 is 11.8 Å². The van der Waals surface area contributed by atoms with Crippen molar-refractivity contribution < 1.29 is 13.2 Å². The van der Waals surface area contributed by atoms with Gasteiger partial charge in [-0.15, -0.1) is 11.8 Å². The van der Waals surface area contributed by atoms with E-state index in [1.807, 2.05) is 30.3 Å². The molecule has 0 aliphatic carbocycles. The highest BCUT2D eigenvalue weighted by Crippen LogP contribution is 2.19. The van der Waals surface area contributed by atoms with Gasteiger partial charge in [-0.05, 0) is 31.6 Å². The Morgan fingerprint density at radius 3 is 2.45 bits per heavy atom. The highest BCUT2D eigenvalue weighted by molar-refractivity contribution is 7.99. The number of nitrogens with two attached hydrogens (primary N) is 1. The Bertz CT molecular complexity index is 370. The molecule has 6 heteroatoms. The molecule has 0 heterocycles. The van der Waals surface area contributed by atoms with Crippen molar-refractivity contribution in [1.29, 1.82) is 0 Å². The summed E-state index contributed by atoms with van der Waals surface area (Å²) in [6, 6.07) is 9.76. The van der Waals surface area contributed by atoms with E-state index < -0.39 is 12.7 Å². The number of hydrogen-bond acceptors (Lipinski definition) is 3. The molecule has 0 amide bonds. The van der Waals surface area contributed by atoms with Crippen molar-refractivity contribution in [1.82, 2.24) is 4.90 Å². The van der Waals surface area contributed by atoms with Crippen LogP contribution in [0.25, 0.3) is 0 Å². The summed E-state index contributed by atoms with van der Waals surface area (Å²) >= 11 is 1.64. The first kappa shape index (κ1) is 17.3. The third-order valence-electron chi connectivity index (χ3n) is 2.87. The lowest BCUT2D eigenvalue weighted by atomic mass is 10.2. The lowest BCUT2D eigenvalue weighted by Crippen LogP contribution is -2.37. The fourth-order valence-electron chi connectivity index (χ4n) is 1.75. The maximum absolute atomic E-state index is 12.3. The van der Waals surface area contributed by atoms with Crippen LogP contribution in [0, 0.1) is 0 Å². The number of benzene rings is 1. The minimum absolute atomic E-state index is 0.0949. The number of rotatable bonds is 8. The molecule has 2 nitrogen and oxygen atoms in total. The minimum Gasteiger partial charge on any atom is -0.327 e. The minimum atomic E-state index is -4.14. The molecule has 0 aliphatic rings. The van der Waals surface area contributed by atoms with Crippen molar-refractivity contribution in [2.24, 2.45) is 5.73 Å². The Morgan fingerprint density at radius 1 is 1.25 bits per heavy atom. The molecule has 1 atom stereocenters. The lowest BCUT2D eigenvalue weighted by molar-refractivity contribution is -0.145. The summed E-state index contributed by atoms with van der Waals surface area (Å²) in [5.74, 6) is 0.716. The molecule has 1 aromatic carbocycles. The van der Waals surface area contributed by atoms with Gasteiger partial charge in [0.25, 0.3) is 0 Å². The third kappa shape index (κ3) is 7.77. The molecule has 0 saturated carbocycles. The van der Waals surface area contributed by atoms with E-state index in [0.717, 1.165) is 4.90 Å². The summed E-state index contributed by atoms with van der Waals surface area (Å²) in [6.45, 7) is 1.64. The highest BCUT2D eigenvalue weighted by Gasteiger charge is 2.29. The first-order valence-electron chi connectivity index (χ1n) is 6.63. The molecule has 20 heavy (non-hydrogen) atoms. The summed E-state index contributed by atoms with van der Waals surface area (Å²) in [6.07, 6.45) is -3.57. The zero-order chi connectivity index (χ0) is 15.0. The molecule has 114 valence electrons. The fourth-order valence-corrected chi connectivity index (χ4v) is 2.68. The van der Waals surface area contributed by atoms with Crippen molar-refractivity contribution in [2.75, 3.05) is 25.4 Å². The van der Waals surface area contributed by atoms with Crippen molar-refractivity contribution >= 4 is 11.8 Å². The Labute approximate surface area is 122 Å². The molecular formula is C14H21F3N2S. The third-order valence-corrected chi connectivity index (χ3v) is 4.07. The van der Waals surface area contributed by atoms with Gasteiger partial charge in [0, 0.05) is 16.7 Å². The van der Waals surface area contributed by atoms with Crippen LogP contribution in [0.2, 0.25) is 0 Å². The molecule has 0 spiro atoms. The van der Waals surface area contributed by atoms with Crippen molar-refractivity contribution in [3.63, 3.8) is 0 Å². The Balaban J connectivity index is 2.26. The van der Waals surface area contributed by atoms with Gasteiger partial charge in [-0.1, -0.05) is 25.1 Å². The standard InChI is InChI=1S/C14H21F3N2S/c1-2-19(11-14(15,16)17)9-8-12(18)10-20-13-6-4-3-5-7-13/h3-7,12H,2,8-11,18H2,1H3/t12-/m1/s1. The van der Waals surface area contributed by atoms with Gasteiger partial charge in [-0.3, -0.25) is 4.90 Å². The van der Waals surface area contributed by atoms with Gasteiger partial charge in [0.15, 0.2) is 0 Å². The number of thioether (sulfide) groups is 1. The number of alkyl halides is 3. The van der Waals surface area contributed by atoms with Crippen molar-refractivity contribution in [3.8, 4) is 0 Å². The summed E-state index contributed by atoms with van der Waals surface area (Å²) in [5.41, 5.74) is 5.96. The van der Waals surface area contributed by atoms with Gasteiger partial charge < -0.3 is 5.73 Å². The number of nitrogens with zero attached hydrogens (tertiary/aromatic N) is 1. The predicted molar refractivity (Wildman–Crippen MR) is 77.9 cm³/mol. The van der Waals surface area contributed by atoms with Gasteiger partial charge >= 0.3 is 6.18 Å². The van der Waals surface area contributed by atoms with E-state index in [9.17, 15) is 13.2 Å². The van der Waals surface area contributed by atoms with Crippen LogP contribution in [0.15, 0.2) is 35.2 Å². The van der Waals surface area contributed by atoms with E-state index in [0.29, 0.717) is 25.3 Å². The van der Waals surface area contributed by atoms with Crippen LogP contribution in [0.5, 0.6) is 0 Å². The normalized spacial score (nSPS) is 13.7. The van der Waals surface area contributed by atoms with Crippen molar-refractivity contribution in [2.45, 2.75) is 30.5 Å². The van der Waals surface area contributed by atoms with Crippen molar-refractivity contribution in [3.05, 3.63) is 30.3 Å². The van der Waals surface area contributed by atoms with Crippen LogP contribution in [-0.4, -0.2) is 42.5 Å². The van der Waals surface area contributed by atoms with Crippen LogP contribution < -0.4 is 5.73 Å². The first-order valence-corrected chi connectivity index (χ1v) is 7.62. The zero-order valence-corrected chi connectivity index (χ0v) is 12.4. The highest BCUT2D eigenvalue weighted by atomic mass is 32.2. The molecule has 2 N–H and O–H groups in total. The second-order valence-electron chi connectivity index (χ2n) is 4.66. The van der Waals surface area contributed by atoms with E-state index in [4.69, 9.17) is 5.73 Å². The topological polar surface area (TPSA) is 29.3 Å². The van der Waals surface area contributed by atoms with Gasteiger partial charge in [-0.2, -0.15) is 13.2 Å². The quantitative estimate of drug-likeness (QED) is 0.747. The summed E-state index contributed by atoms with van der Waals surface area (Å²) in [5, 5.41) is 0. The molecule has 0 unspecified atom stereocenters. The van der Waals surface area contributed by atoms with Crippen LogP contribution in [0.4, 0.5) is 13.2 Å². The Hall–Kier alpha value is -0.720. The molecule has 0 saturated heterocycles. The van der Waals surface area contributed by atoms with Gasteiger partial charge in [-0.25, -0.2) is 0 Å². The van der Waals surface area contributed by atoms with E-state index in [-0.39, 0.29) is 6.04 Å². The average molecular weight is 306 g/mol. The summed E-state index contributed by atoms with van der Waals surface area (Å²) < 4.78 is 36.9. The van der Waals surface area contributed by atoms with Gasteiger partial charge in [0.1, 0.15) is 0 Å². The Morgan fingerprint density at radius 2 is 1.90 bits per heavy atom. The molecule has 0 fully saturated rings. The summed E-state index contributed by atoms with van der Waals surface area (Å²) in [7, 11) is 0. The van der Waals surface area contributed by atoms with E-state index >= 15 is 0 Å². The van der Waals surface area contributed by atoms with Crippen LogP contribution in [0.1, 0.15) is 13.3 Å². The van der Waals surface area contributed by atoms with E-state index in [1.165, 1.54) is 4.90 Å². The molecule has 1 aromatic rings.